The summed E-state index contributed by atoms with van der Waals surface area (Å²) in [6.45, 7) is 7.45. The van der Waals surface area contributed by atoms with Crippen LogP contribution in [-0.2, 0) is 9.53 Å². The van der Waals surface area contributed by atoms with Crippen LogP contribution in [-0.4, -0.2) is 12.1 Å². The molecule has 0 radical (unpaired) electrons. The minimum absolute atomic E-state index is 0.0186. The molecule has 0 atom stereocenters. The fourth-order valence-corrected chi connectivity index (χ4v) is 1.41. The van der Waals surface area contributed by atoms with Crippen LogP contribution < -0.4 is 0 Å². The van der Waals surface area contributed by atoms with Crippen LogP contribution in [0.15, 0.2) is 12.7 Å². The largest absolute Gasteiger partial charge is 0.463 e. The van der Waals surface area contributed by atoms with Crippen molar-refractivity contribution in [1.29, 1.82) is 0 Å². The topological polar surface area (TPSA) is 26.3 Å². The van der Waals surface area contributed by atoms with Crippen molar-refractivity contribution in [1.82, 2.24) is 0 Å². The van der Waals surface area contributed by atoms with E-state index in [2.05, 4.69) is 6.58 Å². The van der Waals surface area contributed by atoms with Crippen LogP contribution in [0.4, 0.5) is 0 Å². The third kappa shape index (κ3) is 11.1. The Kier molecular flexibility index (Phi) is 9.24. The van der Waals surface area contributed by atoms with Gasteiger partial charge in [0.05, 0.1) is 6.10 Å². The van der Waals surface area contributed by atoms with Crippen molar-refractivity contribution in [3.63, 3.8) is 0 Å². The van der Waals surface area contributed by atoms with Gasteiger partial charge >= 0.3 is 5.97 Å². The average molecular weight is 212 g/mol. The molecule has 0 saturated heterocycles. The van der Waals surface area contributed by atoms with Crippen LogP contribution in [0.5, 0.6) is 0 Å². The van der Waals surface area contributed by atoms with Crippen LogP contribution in [0.25, 0.3) is 0 Å². The summed E-state index contributed by atoms with van der Waals surface area (Å²) >= 11 is 0. The highest BCUT2D eigenvalue weighted by molar-refractivity contribution is 5.69. The molecule has 88 valence electrons. The van der Waals surface area contributed by atoms with E-state index in [-0.39, 0.29) is 12.1 Å². The Morgan fingerprint density at radius 1 is 1.20 bits per heavy atom. The summed E-state index contributed by atoms with van der Waals surface area (Å²) in [6, 6.07) is 0. The van der Waals surface area contributed by atoms with Crippen LogP contribution in [0, 0.1) is 0 Å². The third-order valence-electron chi connectivity index (χ3n) is 2.16. The molecule has 0 aliphatic carbocycles. The number of carbonyl (C=O) groups is 1. The van der Waals surface area contributed by atoms with Crippen molar-refractivity contribution in [2.24, 2.45) is 0 Å². The van der Waals surface area contributed by atoms with E-state index in [0.717, 1.165) is 19.3 Å². The minimum atomic E-state index is -0.0592. The number of ether oxygens (including phenoxy) is 1. The second kappa shape index (κ2) is 9.75. The van der Waals surface area contributed by atoms with Crippen LogP contribution in [0.2, 0.25) is 0 Å². The first-order valence-electron chi connectivity index (χ1n) is 5.97. The van der Waals surface area contributed by atoms with Crippen LogP contribution in [0.3, 0.4) is 0 Å². The normalized spacial score (nSPS) is 10.3. The average Bonchev–Trinajstić information content (AvgIpc) is 2.15. The van der Waals surface area contributed by atoms with Crippen molar-refractivity contribution in [3.8, 4) is 0 Å². The summed E-state index contributed by atoms with van der Waals surface area (Å²) in [7, 11) is 0. The second-order valence-corrected chi connectivity index (χ2v) is 4.13. The monoisotopic (exact) mass is 212 g/mol. The van der Waals surface area contributed by atoms with E-state index in [1.54, 1.807) is 0 Å². The van der Waals surface area contributed by atoms with Crippen molar-refractivity contribution in [2.75, 3.05) is 0 Å². The summed E-state index contributed by atoms with van der Waals surface area (Å²) in [5.41, 5.74) is 0. The molecular formula is C13H24O2. The van der Waals surface area contributed by atoms with Crippen molar-refractivity contribution >= 4 is 5.97 Å². The van der Waals surface area contributed by atoms with Gasteiger partial charge in [-0.3, -0.25) is 4.79 Å². The molecule has 0 aromatic heterocycles. The van der Waals surface area contributed by atoms with Gasteiger partial charge in [-0.05, 0) is 33.1 Å². The number of hydrogen-bond acceptors (Lipinski definition) is 2. The molecule has 0 aliphatic rings. The Hall–Kier alpha value is -0.790. The number of allylic oxidation sites excluding steroid dienone is 1. The molecule has 0 spiro atoms. The van der Waals surface area contributed by atoms with Gasteiger partial charge in [-0.1, -0.05) is 25.3 Å². The predicted octanol–water partition coefficient (Wildman–Crippen LogP) is 3.85. The number of hydrogen-bond donors (Lipinski definition) is 0. The van der Waals surface area contributed by atoms with Gasteiger partial charge in [0.2, 0.25) is 0 Å². The fourth-order valence-electron chi connectivity index (χ4n) is 1.41. The first-order valence-corrected chi connectivity index (χ1v) is 5.97. The van der Waals surface area contributed by atoms with Crippen molar-refractivity contribution in [3.05, 3.63) is 12.7 Å². The maximum absolute atomic E-state index is 11.2. The molecule has 0 heterocycles. The van der Waals surface area contributed by atoms with E-state index >= 15 is 0 Å². The van der Waals surface area contributed by atoms with Crippen LogP contribution in [0.1, 0.15) is 58.8 Å². The Balaban J connectivity index is 3.16. The van der Waals surface area contributed by atoms with Gasteiger partial charge in [0.15, 0.2) is 0 Å². The Morgan fingerprint density at radius 2 is 1.80 bits per heavy atom. The molecule has 0 unspecified atom stereocenters. The summed E-state index contributed by atoms with van der Waals surface area (Å²) in [4.78, 5) is 11.2. The lowest BCUT2D eigenvalue weighted by atomic mass is 10.1. The van der Waals surface area contributed by atoms with Crippen molar-refractivity contribution in [2.45, 2.75) is 64.9 Å². The highest BCUT2D eigenvalue weighted by Gasteiger charge is 2.04. The lowest BCUT2D eigenvalue weighted by molar-refractivity contribution is -0.147. The molecule has 0 rings (SSSR count). The number of rotatable bonds is 9. The van der Waals surface area contributed by atoms with E-state index < -0.39 is 0 Å². The molecule has 15 heavy (non-hydrogen) atoms. The molecule has 0 aromatic carbocycles. The van der Waals surface area contributed by atoms with Gasteiger partial charge in [0.1, 0.15) is 0 Å². The fraction of sp³-hybridized carbons (Fsp3) is 0.769. The van der Waals surface area contributed by atoms with E-state index in [9.17, 15) is 4.79 Å². The standard InChI is InChI=1S/C13H24O2/c1-4-5-6-7-8-9-10-11-13(14)15-12(2)3/h4,12H,1,5-11H2,2-3H3. The summed E-state index contributed by atoms with van der Waals surface area (Å²) < 4.78 is 5.04. The molecule has 0 fully saturated rings. The lowest BCUT2D eigenvalue weighted by Crippen LogP contribution is -2.10. The molecule has 0 aliphatic heterocycles. The van der Waals surface area contributed by atoms with E-state index in [1.165, 1.54) is 19.3 Å². The molecule has 2 nitrogen and oxygen atoms in total. The maximum atomic E-state index is 11.2. The molecule has 0 aromatic rings. The van der Waals surface area contributed by atoms with Crippen molar-refractivity contribution < 1.29 is 9.53 Å². The predicted molar refractivity (Wildman–Crippen MR) is 63.7 cm³/mol. The Bertz CT molecular complexity index is 173. The van der Waals surface area contributed by atoms with E-state index in [1.807, 2.05) is 19.9 Å². The highest BCUT2D eigenvalue weighted by Crippen LogP contribution is 2.08. The molecule has 0 bridgehead atoms. The molecule has 0 amide bonds. The number of esters is 1. The smallest absolute Gasteiger partial charge is 0.306 e. The maximum Gasteiger partial charge on any atom is 0.306 e. The second-order valence-electron chi connectivity index (χ2n) is 4.13. The van der Waals surface area contributed by atoms with Gasteiger partial charge in [-0.2, -0.15) is 0 Å². The van der Waals surface area contributed by atoms with Crippen LogP contribution >= 0.6 is 0 Å². The molecular weight excluding hydrogens is 188 g/mol. The zero-order valence-electron chi connectivity index (χ0n) is 10.1. The molecule has 2 heteroatoms. The summed E-state index contributed by atoms with van der Waals surface area (Å²) in [5, 5.41) is 0. The highest BCUT2D eigenvalue weighted by atomic mass is 16.5. The van der Waals surface area contributed by atoms with Gasteiger partial charge in [-0.25, -0.2) is 0 Å². The zero-order chi connectivity index (χ0) is 11.5. The summed E-state index contributed by atoms with van der Waals surface area (Å²) in [5.74, 6) is -0.0592. The van der Waals surface area contributed by atoms with E-state index in [0.29, 0.717) is 6.42 Å². The number of unbranched alkanes of at least 4 members (excludes halogenated alkanes) is 5. The van der Waals surface area contributed by atoms with E-state index in [4.69, 9.17) is 4.74 Å². The SMILES string of the molecule is C=CCCCCCCCC(=O)OC(C)C. The quantitative estimate of drug-likeness (QED) is 0.329. The first kappa shape index (κ1) is 14.2. The molecule has 0 saturated carbocycles. The Labute approximate surface area is 93.7 Å². The zero-order valence-corrected chi connectivity index (χ0v) is 10.1. The molecule has 0 N–H and O–H groups in total. The first-order chi connectivity index (χ1) is 7.16. The third-order valence-corrected chi connectivity index (χ3v) is 2.16. The summed E-state index contributed by atoms with van der Waals surface area (Å²) in [6.07, 6.45) is 9.41. The van der Waals surface area contributed by atoms with Gasteiger partial charge in [0.25, 0.3) is 0 Å². The lowest BCUT2D eigenvalue weighted by Gasteiger charge is -2.07. The van der Waals surface area contributed by atoms with Gasteiger partial charge < -0.3 is 4.74 Å². The number of carbonyl (C=O) groups excluding carboxylic acids is 1. The van der Waals surface area contributed by atoms with Gasteiger partial charge in [-0.15, -0.1) is 6.58 Å². The van der Waals surface area contributed by atoms with Gasteiger partial charge in [0, 0.05) is 6.42 Å². The minimum Gasteiger partial charge on any atom is -0.463 e. The Morgan fingerprint density at radius 3 is 2.40 bits per heavy atom.